The Kier molecular flexibility index (Phi) is 3.37. The summed E-state index contributed by atoms with van der Waals surface area (Å²) in [5.74, 6) is 1.11. The molecule has 1 aromatic heterocycles. The maximum atomic E-state index is 12.6. The van der Waals surface area contributed by atoms with Gasteiger partial charge in [0.25, 0.3) is 5.91 Å². The number of hydrogen-bond donors (Lipinski definition) is 0. The van der Waals surface area contributed by atoms with E-state index in [1.54, 1.807) is 53.0 Å². The van der Waals surface area contributed by atoms with Crippen molar-refractivity contribution in [2.24, 2.45) is 0 Å². The lowest BCUT2D eigenvalue weighted by molar-refractivity contribution is -0.161. The summed E-state index contributed by atoms with van der Waals surface area (Å²) in [5, 5.41) is 0. The van der Waals surface area contributed by atoms with Gasteiger partial charge in [0.15, 0.2) is 4.87 Å². The molecule has 6 nitrogen and oxygen atoms in total. The van der Waals surface area contributed by atoms with Gasteiger partial charge >= 0.3 is 0 Å². The Bertz CT molecular complexity index is 556. The first-order chi connectivity index (χ1) is 9.54. The lowest BCUT2D eigenvalue weighted by Crippen LogP contribution is -2.67. The number of likely N-dealkylation sites (N-methyl/N-ethyl adjacent to an activating group) is 1. The minimum atomic E-state index is -0.886. The van der Waals surface area contributed by atoms with E-state index < -0.39 is 4.87 Å². The third kappa shape index (κ3) is 1.98. The fourth-order valence-electron chi connectivity index (χ4n) is 2.40. The number of hydrogen-bond acceptors (Lipinski definition) is 6. The van der Waals surface area contributed by atoms with Crippen LogP contribution in [0.25, 0.3) is 0 Å². The van der Waals surface area contributed by atoms with Crippen LogP contribution in [-0.4, -0.2) is 55.3 Å². The second-order valence-electron chi connectivity index (χ2n) is 4.87. The Balaban J connectivity index is 1.97. The first-order valence-electron chi connectivity index (χ1n) is 6.19. The van der Waals surface area contributed by atoms with Crippen molar-refractivity contribution in [3.05, 3.63) is 24.3 Å². The molecule has 8 heteroatoms. The zero-order valence-corrected chi connectivity index (χ0v) is 12.8. The standard InChI is InChI=1S/C12H14N4O2S2/c1-12-11(18)15(2)8(7-19-20-12)10(17)16(12)6-9-13-4-3-5-14-9/h3-5,8H,6-7H2,1-2H3. The largest absolute Gasteiger partial charge is 0.330 e. The van der Waals surface area contributed by atoms with Crippen LogP contribution in [-0.2, 0) is 16.1 Å². The van der Waals surface area contributed by atoms with Crippen molar-refractivity contribution < 1.29 is 9.59 Å². The number of fused-ring (bicyclic) bond motifs is 4. The molecule has 106 valence electrons. The van der Waals surface area contributed by atoms with Crippen molar-refractivity contribution in [3.8, 4) is 0 Å². The van der Waals surface area contributed by atoms with E-state index in [4.69, 9.17) is 0 Å². The molecule has 0 N–H and O–H groups in total. The highest BCUT2D eigenvalue weighted by Crippen LogP contribution is 2.47. The number of aromatic nitrogens is 2. The quantitative estimate of drug-likeness (QED) is 0.751. The summed E-state index contributed by atoms with van der Waals surface area (Å²) in [6, 6.07) is 1.34. The lowest BCUT2D eigenvalue weighted by Gasteiger charge is -2.45. The number of nitrogens with zero attached hydrogens (tertiary/aromatic N) is 4. The van der Waals surface area contributed by atoms with Gasteiger partial charge in [-0.25, -0.2) is 9.97 Å². The van der Waals surface area contributed by atoms with Gasteiger partial charge in [0.2, 0.25) is 5.91 Å². The van der Waals surface area contributed by atoms with Gasteiger partial charge in [-0.15, -0.1) is 0 Å². The molecule has 3 aliphatic heterocycles. The monoisotopic (exact) mass is 310 g/mol. The van der Waals surface area contributed by atoms with Crippen molar-refractivity contribution in [1.29, 1.82) is 0 Å². The van der Waals surface area contributed by atoms with Gasteiger partial charge in [0, 0.05) is 25.2 Å². The molecule has 4 rings (SSSR count). The van der Waals surface area contributed by atoms with E-state index in [1.807, 2.05) is 0 Å². The van der Waals surface area contributed by atoms with Crippen LogP contribution in [0, 0.1) is 0 Å². The summed E-state index contributed by atoms with van der Waals surface area (Å²) in [4.78, 5) is 35.7. The van der Waals surface area contributed by atoms with E-state index >= 15 is 0 Å². The zero-order valence-electron chi connectivity index (χ0n) is 11.1. The van der Waals surface area contributed by atoms with Crippen molar-refractivity contribution in [1.82, 2.24) is 19.8 Å². The van der Waals surface area contributed by atoms with Crippen LogP contribution in [0.15, 0.2) is 18.5 Å². The molecule has 20 heavy (non-hydrogen) atoms. The molecular formula is C12H14N4O2S2. The van der Waals surface area contributed by atoms with Gasteiger partial charge in [0.05, 0.1) is 6.54 Å². The molecule has 3 fully saturated rings. The van der Waals surface area contributed by atoms with E-state index in [1.165, 1.54) is 10.8 Å². The molecule has 2 atom stereocenters. The number of carbonyl (C=O) groups is 2. The summed E-state index contributed by atoms with van der Waals surface area (Å²) < 4.78 is 0. The van der Waals surface area contributed by atoms with Crippen molar-refractivity contribution in [2.75, 3.05) is 12.8 Å². The highest BCUT2D eigenvalue weighted by atomic mass is 33.1. The highest BCUT2D eigenvalue weighted by Gasteiger charge is 2.55. The first kappa shape index (κ1) is 13.7. The van der Waals surface area contributed by atoms with Gasteiger partial charge in [-0.1, -0.05) is 21.6 Å². The fraction of sp³-hybridized carbons (Fsp3) is 0.500. The fourth-order valence-corrected chi connectivity index (χ4v) is 5.41. The number of piperazine rings is 1. The van der Waals surface area contributed by atoms with Gasteiger partial charge in [-0.2, -0.15) is 0 Å². The predicted octanol–water partition coefficient (Wildman–Crippen LogP) is 0.757. The Morgan fingerprint density at radius 3 is 2.80 bits per heavy atom. The van der Waals surface area contributed by atoms with Crippen LogP contribution in [0.2, 0.25) is 0 Å². The number of carbonyl (C=O) groups excluding carboxylic acids is 2. The van der Waals surface area contributed by atoms with Crippen LogP contribution in [0.5, 0.6) is 0 Å². The van der Waals surface area contributed by atoms with Gasteiger partial charge in [-0.05, 0) is 13.0 Å². The molecule has 2 unspecified atom stereocenters. The SMILES string of the molecule is CN1C(=O)C2(C)SSCC1C(=O)N2Cc1ncccn1. The minimum absolute atomic E-state index is 0.0282. The Labute approximate surface area is 124 Å². The summed E-state index contributed by atoms with van der Waals surface area (Å²) in [5.41, 5.74) is 0. The van der Waals surface area contributed by atoms with Crippen LogP contribution in [0.3, 0.4) is 0 Å². The summed E-state index contributed by atoms with van der Waals surface area (Å²) in [7, 11) is 4.72. The van der Waals surface area contributed by atoms with Gasteiger partial charge in [-0.3, -0.25) is 9.59 Å². The molecule has 0 saturated carbocycles. The summed E-state index contributed by atoms with van der Waals surface area (Å²) in [6.07, 6.45) is 3.28. The van der Waals surface area contributed by atoms with E-state index in [2.05, 4.69) is 9.97 Å². The average Bonchev–Trinajstić information content (AvgIpc) is 2.65. The average molecular weight is 310 g/mol. The maximum Gasteiger partial charge on any atom is 0.260 e. The Morgan fingerprint density at radius 2 is 2.10 bits per heavy atom. The van der Waals surface area contributed by atoms with Crippen LogP contribution in [0.1, 0.15) is 12.7 Å². The maximum absolute atomic E-state index is 12.6. The molecule has 0 radical (unpaired) electrons. The van der Waals surface area contributed by atoms with E-state index in [9.17, 15) is 9.59 Å². The minimum Gasteiger partial charge on any atom is -0.330 e. The van der Waals surface area contributed by atoms with Crippen molar-refractivity contribution in [2.45, 2.75) is 24.4 Å². The molecule has 0 spiro atoms. The van der Waals surface area contributed by atoms with E-state index in [0.717, 1.165) is 0 Å². The molecule has 0 aliphatic carbocycles. The first-order valence-corrected chi connectivity index (χ1v) is 8.51. The summed E-state index contributed by atoms with van der Waals surface area (Å²) in [6.45, 7) is 2.06. The molecule has 3 saturated heterocycles. The van der Waals surface area contributed by atoms with E-state index in [0.29, 0.717) is 11.6 Å². The Hall–Kier alpha value is -1.28. The molecule has 2 bridgehead atoms. The number of rotatable bonds is 2. The summed E-state index contributed by atoms with van der Waals surface area (Å²) >= 11 is 0. The molecular weight excluding hydrogens is 296 g/mol. The topological polar surface area (TPSA) is 66.4 Å². The second-order valence-corrected chi connectivity index (χ2v) is 7.61. The highest BCUT2D eigenvalue weighted by molar-refractivity contribution is 8.77. The van der Waals surface area contributed by atoms with Crippen molar-refractivity contribution in [3.63, 3.8) is 0 Å². The van der Waals surface area contributed by atoms with Crippen LogP contribution in [0.4, 0.5) is 0 Å². The van der Waals surface area contributed by atoms with Crippen LogP contribution < -0.4 is 0 Å². The Morgan fingerprint density at radius 1 is 1.40 bits per heavy atom. The third-order valence-corrected chi connectivity index (χ3v) is 6.64. The molecule has 3 aliphatic rings. The van der Waals surface area contributed by atoms with Crippen molar-refractivity contribution >= 4 is 33.4 Å². The lowest BCUT2D eigenvalue weighted by atomic mass is 10.1. The number of amides is 2. The third-order valence-electron chi connectivity index (χ3n) is 3.62. The predicted molar refractivity (Wildman–Crippen MR) is 77.6 cm³/mol. The second kappa shape index (κ2) is 4.92. The smallest absolute Gasteiger partial charge is 0.260 e. The zero-order chi connectivity index (χ0) is 14.3. The molecule has 1 aromatic rings. The van der Waals surface area contributed by atoms with E-state index in [-0.39, 0.29) is 24.4 Å². The van der Waals surface area contributed by atoms with Gasteiger partial charge < -0.3 is 9.80 Å². The molecule has 0 aromatic carbocycles. The van der Waals surface area contributed by atoms with Crippen LogP contribution >= 0.6 is 21.6 Å². The normalized spacial score (nSPS) is 29.8. The molecule has 4 heterocycles. The molecule has 2 amide bonds. The van der Waals surface area contributed by atoms with Gasteiger partial charge in [0.1, 0.15) is 11.9 Å².